The van der Waals surface area contributed by atoms with Gasteiger partial charge in [0.15, 0.2) is 0 Å². The molecular weight excluding hydrogens is 288 g/mol. The second-order valence-electron chi connectivity index (χ2n) is 4.85. The van der Waals surface area contributed by atoms with Crippen LogP contribution >= 0.6 is 11.6 Å². The zero-order valence-electron chi connectivity index (χ0n) is 12.2. The molecule has 0 unspecified atom stereocenters. The van der Waals surface area contributed by atoms with Crippen molar-refractivity contribution in [1.82, 2.24) is 20.2 Å². The van der Waals surface area contributed by atoms with Gasteiger partial charge in [-0.05, 0) is 19.1 Å². The van der Waals surface area contributed by atoms with Gasteiger partial charge in [0, 0.05) is 25.7 Å². The first-order chi connectivity index (χ1) is 10.1. The van der Waals surface area contributed by atoms with Gasteiger partial charge in [-0.15, -0.1) is 0 Å². The average Bonchev–Trinajstić information content (AvgIpc) is 2.79. The highest BCUT2D eigenvalue weighted by Crippen LogP contribution is 2.08. The number of carbonyl (C=O) groups is 1. The molecule has 0 saturated heterocycles. The number of aryl methyl sites for hydroxylation is 1. The Kier molecular flexibility index (Phi) is 5.36. The fourth-order valence-electron chi connectivity index (χ4n) is 1.86. The molecule has 0 radical (unpaired) electrons. The summed E-state index contributed by atoms with van der Waals surface area (Å²) in [6.07, 6.45) is 1.62. The fraction of sp³-hybridized carbons (Fsp3) is 0.333. The Morgan fingerprint density at radius 2 is 2.00 bits per heavy atom. The van der Waals surface area contributed by atoms with Gasteiger partial charge >= 0.3 is 0 Å². The van der Waals surface area contributed by atoms with Crippen LogP contribution in [-0.4, -0.2) is 28.5 Å². The van der Waals surface area contributed by atoms with Crippen molar-refractivity contribution in [3.63, 3.8) is 0 Å². The minimum atomic E-state index is -0.0585. The summed E-state index contributed by atoms with van der Waals surface area (Å²) >= 11 is 5.91. The van der Waals surface area contributed by atoms with Gasteiger partial charge in [-0.2, -0.15) is 0 Å². The molecule has 0 aliphatic carbocycles. The molecule has 0 aliphatic rings. The van der Waals surface area contributed by atoms with Crippen molar-refractivity contribution < 1.29 is 4.79 Å². The van der Waals surface area contributed by atoms with Gasteiger partial charge < -0.3 is 15.2 Å². The van der Waals surface area contributed by atoms with Crippen LogP contribution in [0.4, 0.5) is 0 Å². The minimum absolute atomic E-state index is 0.0585. The first kappa shape index (κ1) is 15.5. The molecule has 0 spiro atoms. The highest BCUT2D eigenvalue weighted by molar-refractivity contribution is 6.29. The molecule has 1 amide bonds. The van der Waals surface area contributed by atoms with E-state index in [0.717, 1.165) is 11.4 Å². The van der Waals surface area contributed by atoms with E-state index in [0.29, 0.717) is 30.4 Å². The first-order valence-electron chi connectivity index (χ1n) is 6.79. The standard InChI is InChI=1S/C15H19ClN4O/c1-11-3-5-12(6-4-11)15(21)18-8-7-17-10-14-19-9-13(16)20(14)2/h3-6,9,17H,7-8,10H2,1-2H3,(H,18,21). The molecule has 2 aromatic rings. The molecule has 0 fully saturated rings. The third kappa shape index (κ3) is 4.31. The molecule has 112 valence electrons. The Labute approximate surface area is 129 Å². The lowest BCUT2D eigenvalue weighted by Crippen LogP contribution is -2.32. The van der Waals surface area contributed by atoms with Gasteiger partial charge in [0.25, 0.3) is 5.91 Å². The molecular formula is C15H19ClN4O. The molecule has 0 bridgehead atoms. The van der Waals surface area contributed by atoms with Crippen molar-refractivity contribution in [1.29, 1.82) is 0 Å². The summed E-state index contributed by atoms with van der Waals surface area (Å²) in [6.45, 7) is 3.84. The van der Waals surface area contributed by atoms with Gasteiger partial charge in [-0.3, -0.25) is 4.79 Å². The smallest absolute Gasteiger partial charge is 0.251 e. The highest BCUT2D eigenvalue weighted by Gasteiger charge is 2.05. The lowest BCUT2D eigenvalue weighted by atomic mass is 10.1. The van der Waals surface area contributed by atoms with Crippen LogP contribution in [-0.2, 0) is 13.6 Å². The summed E-state index contributed by atoms with van der Waals surface area (Å²) in [7, 11) is 1.87. The largest absolute Gasteiger partial charge is 0.351 e. The second-order valence-corrected chi connectivity index (χ2v) is 5.24. The molecule has 0 aliphatic heterocycles. The van der Waals surface area contributed by atoms with E-state index in [9.17, 15) is 4.79 Å². The highest BCUT2D eigenvalue weighted by atomic mass is 35.5. The van der Waals surface area contributed by atoms with E-state index in [4.69, 9.17) is 11.6 Å². The van der Waals surface area contributed by atoms with E-state index < -0.39 is 0 Å². The van der Waals surface area contributed by atoms with Crippen molar-refractivity contribution in [3.8, 4) is 0 Å². The van der Waals surface area contributed by atoms with Crippen LogP contribution in [0.2, 0.25) is 5.15 Å². The van der Waals surface area contributed by atoms with Gasteiger partial charge in [-0.1, -0.05) is 29.3 Å². The summed E-state index contributed by atoms with van der Waals surface area (Å²) in [4.78, 5) is 16.1. The molecule has 5 nitrogen and oxygen atoms in total. The van der Waals surface area contributed by atoms with E-state index in [-0.39, 0.29) is 5.91 Å². The number of aromatic nitrogens is 2. The maximum Gasteiger partial charge on any atom is 0.251 e. The molecule has 1 aromatic heterocycles. The van der Waals surface area contributed by atoms with Crippen molar-refractivity contribution in [2.75, 3.05) is 13.1 Å². The minimum Gasteiger partial charge on any atom is -0.351 e. The number of benzene rings is 1. The number of hydrogen-bond acceptors (Lipinski definition) is 3. The molecule has 6 heteroatoms. The first-order valence-corrected chi connectivity index (χ1v) is 7.17. The Hall–Kier alpha value is -1.85. The molecule has 1 heterocycles. The SMILES string of the molecule is Cc1ccc(C(=O)NCCNCc2ncc(Cl)n2C)cc1. The third-order valence-corrected chi connectivity index (χ3v) is 3.56. The molecule has 2 N–H and O–H groups in total. The second kappa shape index (κ2) is 7.24. The third-order valence-electron chi connectivity index (χ3n) is 3.21. The average molecular weight is 307 g/mol. The summed E-state index contributed by atoms with van der Waals surface area (Å²) in [5.74, 6) is 0.807. The number of hydrogen-bond donors (Lipinski definition) is 2. The van der Waals surface area contributed by atoms with Crippen molar-refractivity contribution in [3.05, 3.63) is 52.6 Å². The molecule has 1 aromatic carbocycles. The molecule has 2 rings (SSSR count). The number of nitrogens with one attached hydrogen (secondary N) is 2. The zero-order chi connectivity index (χ0) is 15.2. The predicted octanol–water partition coefficient (Wildman–Crippen LogP) is 1.90. The summed E-state index contributed by atoms with van der Waals surface area (Å²) in [5.41, 5.74) is 1.82. The predicted molar refractivity (Wildman–Crippen MR) is 83.4 cm³/mol. The van der Waals surface area contributed by atoms with Crippen LogP contribution in [0.25, 0.3) is 0 Å². The molecule has 0 saturated carbocycles. The Balaban J connectivity index is 1.69. The van der Waals surface area contributed by atoms with Gasteiger partial charge in [0.2, 0.25) is 0 Å². The Morgan fingerprint density at radius 3 is 2.62 bits per heavy atom. The van der Waals surface area contributed by atoms with Gasteiger partial charge in [0.1, 0.15) is 11.0 Å². The summed E-state index contributed by atoms with van der Waals surface area (Å²) in [5, 5.41) is 6.70. The van der Waals surface area contributed by atoms with Crippen molar-refractivity contribution >= 4 is 17.5 Å². The number of amides is 1. The maximum atomic E-state index is 11.9. The number of imidazole rings is 1. The Morgan fingerprint density at radius 1 is 1.29 bits per heavy atom. The lowest BCUT2D eigenvalue weighted by molar-refractivity contribution is 0.0954. The number of nitrogens with zero attached hydrogens (tertiary/aromatic N) is 2. The summed E-state index contributed by atoms with van der Waals surface area (Å²) < 4.78 is 1.82. The monoisotopic (exact) mass is 306 g/mol. The van der Waals surface area contributed by atoms with Crippen LogP contribution in [0.15, 0.2) is 30.5 Å². The van der Waals surface area contributed by atoms with Crippen molar-refractivity contribution in [2.45, 2.75) is 13.5 Å². The zero-order valence-corrected chi connectivity index (χ0v) is 12.9. The quantitative estimate of drug-likeness (QED) is 0.802. The van der Waals surface area contributed by atoms with Crippen molar-refractivity contribution in [2.24, 2.45) is 7.05 Å². The summed E-state index contributed by atoms with van der Waals surface area (Å²) in [6, 6.07) is 7.51. The fourth-order valence-corrected chi connectivity index (χ4v) is 2.01. The van der Waals surface area contributed by atoms with Crippen LogP contribution in [0.5, 0.6) is 0 Å². The molecule has 21 heavy (non-hydrogen) atoms. The molecule has 0 atom stereocenters. The topological polar surface area (TPSA) is 59.0 Å². The van der Waals surface area contributed by atoms with E-state index in [1.165, 1.54) is 0 Å². The van der Waals surface area contributed by atoms with E-state index in [2.05, 4.69) is 15.6 Å². The van der Waals surface area contributed by atoms with Crippen LogP contribution in [0.1, 0.15) is 21.7 Å². The lowest BCUT2D eigenvalue weighted by Gasteiger charge is -2.07. The van der Waals surface area contributed by atoms with E-state index >= 15 is 0 Å². The maximum absolute atomic E-state index is 11.9. The van der Waals surface area contributed by atoms with E-state index in [1.54, 1.807) is 6.20 Å². The number of rotatable bonds is 6. The van der Waals surface area contributed by atoms with Gasteiger partial charge in [-0.25, -0.2) is 4.98 Å². The normalized spacial score (nSPS) is 10.6. The van der Waals surface area contributed by atoms with Crippen LogP contribution in [0.3, 0.4) is 0 Å². The number of halogens is 1. The number of carbonyl (C=O) groups excluding carboxylic acids is 1. The van der Waals surface area contributed by atoms with Crippen LogP contribution in [0, 0.1) is 6.92 Å². The van der Waals surface area contributed by atoms with Gasteiger partial charge in [0.05, 0.1) is 12.7 Å². The van der Waals surface area contributed by atoms with Crippen LogP contribution < -0.4 is 10.6 Å². The Bertz CT molecular complexity index is 607. The van der Waals surface area contributed by atoms with E-state index in [1.807, 2.05) is 42.8 Å².